The van der Waals surface area contributed by atoms with Gasteiger partial charge in [0.05, 0.1) is 16.9 Å². The van der Waals surface area contributed by atoms with E-state index in [0.717, 1.165) is 0 Å². The molecule has 20 heavy (non-hydrogen) atoms. The highest BCUT2D eigenvalue weighted by atomic mass is 32.1. The zero-order valence-electron chi connectivity index (χ0n) is 11.9. The quantitative estimate of drug-likeness (QED) is 0.354. The van der Waals surface area contributed by atoms with Gasteiger partial charge in [-0.05, 0) is 46.6 Å². The molecule has 0 bridgehead atoms. The Morgan fingerprint density at radius 3 is 2.25 bits per heavy atom. The number of hydrogen-bond acceptors (Lipinski definition) is 6. The van der Waals surface area contributed by atoms with Crippen LogP contribution in [0.3, 0.4) is 0 Å². The van der Waals surface area contributed by atoms with Crippen LogP contribution in [0.15, 0.2) is 27.6 Å². The van der Waals surface area contributed by atoms with Crippen molar-refractivity contribution in [2.24, 2.45) is 4.40 Å². The van der Waals surface area contributed by atoms with Crippen molar-refractivity contribution >= 4 is 37.6 Å². The predicted octanol–water partition coefficient (Wildman–Crippen LogP) is 1.99. The Hall–Kier alpha value is -1.18. The van der Waals surface area contributed by atoms with Crippen molar-refractivity contribution in [3.05, 3.63) is 23.2 Å². The standard InChI is InChI=1S/C13H17BN2O3S/c1-12(2)13(3,4)19-14(18-12)9-6-5-8(7-17)11(16-20)10(9)15/h5-7,15,20H,1-4H3/b15-10?,16-11-. The predicted molar refractivity (Wildman–Crippen MR) is 82.5 cm³/mol. The van der Waals surface area contributed by atoms with Crippen LogP contribution in [0.25, 0.3) is 0 Å². The molecule has 0 aromatic heterocycles. The van der Waals surface area contributed by atoms with E-state index < -0.39 is 18.3 Å². The molecular formula is C13H17BN2O3S. The first-order chi connectivity index (χ1) is 9.23. The summed E-state index contributed by atoms with van der Waals surface area (Å²) in [6, 6.07) is 0. The van der Waals surface area contributed by atoms with E-state index in [1.54, 1.807) is 12.2 Å². The van der Waals surface area contributed by atoms with Crippen molar-refractivity contribution in [1.82, 2.24) is 0 Å². The Morgan fingerprint density at radius 1 is 1.25 bits per heavy atom. The number of carbonyl (C=O) groups is 1. The van der Waals surface area contributed by atoms with Gasteiger partial charge in [-0.25, -0.2) is 4.40 Å². The monoisotopic (exact) mass is 292 g/mol. The van der Waals surface area contributed by atoms with E-state index in [-0.39, 0.29) is 11.4 Å². The van der Waals surface area contributed by atoms with Crippen molar-refractivity contribution in [2.45, 2.75) is 38.9 Å². The van der Waals surface area contributed by atoms with Gasteiger partial charge in [-0.1, -0.05) is 6.08 Å². The minimum atomic E-state index is -0.651. The molecule has 2 aliphatic rings. The highest BCUT2D eigenvalue weighted by Gasteiger charge is 2.53. The number of rotatable bonds is 2. The van der Waals surface area contributed by atoms with Crippen LogP contribution in [0, 0.1) is 5.41 Å². The summed E-state index contributed by atoms with van der Waals surface area (Å²) >= 11 is 3.83. The summed E-state index contributed by atoms with van der Waals surface area (Å²) in [6.07, 6.45) is 3.91. The van der Waals surface area contributed by atoms with Gasteiger partial charge in [0.2, 0.25) is 0 Å². The molecule has 1 heterocycles. The number of allylic oxidation sites excluding steroid dienone is 4. The van der Waals surface area contributed by atoms with Crippen molar-refractivity contribution in [3.63, 3.8) is 0 Å². The summed E-state index contributed by atoms with van der Waals surface area (Å²) < 4.78 is 15.5. The number of aldehydes is 1. The van der Waals surface area contributed by atoms with E-state index in [9.17, 15) is 4.79 Å². The maximum Gasteiger partial charge on any atom is 0.497 e. The third-order valence-corrected chi connectivity index (χ3v) is 4.18. The molecule has 1 aliphatic carbocycles. The summed E-state index contributed by atoms with van der Waals surface area (Å²) in [5, 5.41) is 8.15. The van der Waals surface area contributed by atoms with Gasteiger partial charge in [0, 0.05) is 11.0 Å². The van der Waals surface area contributed by atoms with E-state index >= 15 is 0 Å². The molecule has 1 saturated heterocycles. The number of nitrogens with zero attached hydrogens (tertiary/aromatic N) is 1. The van der Waals surface area contributed by atoms with Gasteiger partial charge in [0.1, 0.15) is 5.71 Å². The first-order valence-corrected chi connectivity index (χ1v) is 6.68. The van der Waals surface area contributed by atoms with Crippen LogP contribution < -0.4 is 0 Å². The van der Waals surface area contributed by atoms with Crippen LogP contribution in [0.5, 0.6) is 0 Å². The van der Waals surface area contributed by atoms with E-state index in [0.29, 0.717) is 17.3 Å². The topological polar surface area (TPSA) is 71.7 Å². The molecule has 0 amide bonds. The number of hydrogen-bond donors (Lipinski definition) is 2. The lowest BCUT2D eigenvalue weighted by Gasteiger charge is -2.32. The number of nitrogens with one attached hydrogen (secondary N) is 1. The minimum absolute atomic E-state index is 0.100. The van der Waals surface area contributed by atoms with Crippen LogP contribution in [-0.4, -0.2) is 36.0 Å². The summed E-state index contributed by atoms with van der Waals surface area (Å²) in [7, 11) is -0.651. The van der Waals surface area contributed by atoms with Crippen molar-refractivity contribution in [3.8, 4) is 0 Å². The Bertz CT molecular complexity index is 548. The third-order valence-electron chi connectivity index (χ3n) is 3.98. The molecule has 0 spiro atoms. The minimum Gasteiger partial charge on any atom is -0.399 e. The highest BCUT2D eigenvalue weighted by Crippen LogP contribution is 2.39. The first-order valence-electron chi connectivity index (χ1n) is 6.28. The first kappa shape index (κ1) is 15.2. The van der Waals surface area contributed by atoms with Crippen LogP contribution in [0.2, 0.25) is 0 Å². The molecule has 0 aromatic carbocycles. The molecule has 106 valence electrons. The van der Waals surface area contributed by atoms with Gasteiger partial charge in [-0.2, -0.15) is 0 Å². The van der Waals surface area contributed by atoms with Crippen LogP contribution in [0.1, 0.15) is 27.7 Å². The summed E-state index contributed by atoms with van der Waals surface area (Å²) in [5.74, 6) is 0. The molecule has 0 aromatic rings. The van der Waals surface area contributed by atoms with E-state index in [1.165, 1.54) is 0 Å². The molecule has 7 heteroatoms. The van der Waals surface area contributed by atoms with Gasteiger partial charge < -0.3 is 9.31 Å². The zero-order valence-corrected chi connectivity index (χ0v) is 12.8. The molecule has 0 radical (unpaired) electrons. The number of carbonyl (C=O) groups excluding carboxylic acids is 1. The fourth-order valence-electron chi connectivity index (χ4n) is 1.99. The van der Waals surface area contributed by atoms with Gasteiger partial charge in [0.25, 0.3) is 0 Å². The molecular weight excluding hydrogens is 275 g/mol. The Kier molecular flexibility index (Phi) is 3.79. The molecule has 1 aliphatic heterocycles. The molecule has 0 atom stereocenters. The fourth-order valence-corrected chi connectivity index (χ4v) is 2.21. The Morgan fingerprint density at radius 2 is 1.80 bits per heavy atom. The highest BCUT2D eigenvalue weighted by molar-refractivity contribution is 7.79. The smallest absolute Gasteiger partial charge is 0.399 e. The van der Waals surface area contributed by atoms with Gasteiger partial charge in [-0.3, -0.25) is 10.2 Å². The molecule has 2 rings (SSSR count). The molecule has 0 saturated carbocycles. The summed E-state index contributed by atoms with van der Waals surface area (Å²) in [6.45, 7) is 7.78. The molecule has 5 nitrogen and oxygen atoms in total. The number of thiol groups is 1. The van der Waals surface area contributed by atoms with Crippen LogP contribution in [-0.2, 0) is 14.1 Å². The normalized spacial score (nSPS) is 26.6. The maximum atomic E-state index is 10.9. The maximum absolute atomic E-state index is 10.9. The summed E-state index contributed by atoms with van der Waals surface area (Å²) in [4.78, 5) is 10.9. The van der Waals surface area contributed by atoms with Crippen LogP contribution >= 0.6 is 12.8 Å². The largest absolute Gasteiger partial charge is 0.497 e. The third kappa shape index (κ3) is 2.30. The van der Waals surface area contributed by atoms with E-state index in [2.05, 4.69) is 17.2 Å². The molecule has 1 fully saturated rings. The molecule has 1 N–H and O–H groups in total. The lowest BCUT2D eigenvalue weighted by Crippen LogP contribution is -2.41. The van der Waals surface area contributed by atoms with Gasteiger partial charge in [-0.15, -0.1) is 0 Å². The van der Waals surface area contributed by atoms with Gasteiger partial charge >= 0.3 is 7.12 Å². The lowest BCUT2D eigenvalue weighted by atomic mass is 9.71. The average molecular weight is 292 g/mol. The summed E-state index contributed by atoms with van der Waals surface area (Å²) in [5.41, 5.74) is 0.239. The second-order valence-electron chi connectivity index (χ2n) is 5.77. The average Bonchev–Trinajstić information content (AvgIpc) is 2.57. The second kappa shape index (κ2) is 4.98. The van der Waals surface area contributed by atoms with Crippen molar-refractivity contribution in [1.29, 1.82) is 5.41 Å². The van der Waals surface area contributed by atoms with Crippen molar-refractivity contribution in [2.75, 3.05) is 0 Å². The van der Waals surface area contributed by atoms with E-state index in [4.69, 9.17) is 14.7 Å². The second-order valence-corrected chi connectivity index (χ2v) is 5.97. The lowest BCUT2D eigenvalue weighted by molar-refractivity contribution is -0.104. The zero-order chi connectivity index (χ0) is 15.1. The van der Waals surface area contributed by atoms with Crippen LogP contribution in [0.4, 0.5) is 0 Å². The Balaban J connectivity index is 2.36. The van der Waals surface area contributed by atoms with Crippen molar-refractivity contribution < 1.29 is 14.1 Å². The Labute approximate surface area is 124 Å². The fraction of sp³-hybridized carbons (Fsp3) is 0.462. The SMILES string of the molecule is CC1(C)OB(C2=CC=C(C=O)/C(=N/S)C2=N)OC1(C)C. The molecule has 0 unspecified atom stereocenters. The van der Waals surface area contributed by atoms with E-state index in [1.807, 2.05) is 27.7 Å². The van der Waals surface area contributed by atoms with Gasteiger partial charge in [0.15, 0.2) is 6.29 Å².